The van der Waals surface area contributed by atoms with Crippen molar-refractivity contribution in [3.8, 4) is 22.8 Å². The van der Waals surface area contributed by atoms with Crippen LogP contribution in [0.15, 0.2) is 54.9 Å². The van der Waals surface area contributed by atoms with Gasteiger partial charge in [0.1, 0.15) is 0 Å². The monoisotopic (exact) mass is 401 g/mol. The molecule has 0 spiro atoms. The molecule has 0 aliphatic rings. The first kappa shape index (κ1) is 22.1. The summed E-state index contributed by atoms with van der Waals surface area (Å²) in [5, 5.41) is 0. The van der Waals surface area contributed by atoms with E-state index in [4.69, 9.17) is 4.98 Å². The molecule has 0 fully saturated rings. The molecule has 0 unspecified atom stereocenters. The predicted octanol–water partition coefficient (Wildman–Crippen LogP) is 7.16. The Hall–Kier alpha value is -2.55. The second-order valence-corrected chi connectivity index (χ2v) is 10.6. The number of hydrogen-bond donors (Lipinski definition) is 0. The van der Waals surface area contributed by atoms with E-state index in [0.717, 1.165) is 48.5 Å². The maximum absolute atomic E-state index is 5.19. The highest BCUT2D eigenvalue weighted by atomic mass is 14.8. The molecule has 3 aromatic heterocycles. The molecule has 0 aromatic carbocycles. The second kappa shape index (κ2) is 9.07. The van der Waals surface area contributed by atoms with E-state index in [1.165, 1.54) is 11.1 Å². The van der Waals surface area contributed by atoms with Crippen molar-refractivity contribution in [1.82, 2.24) is 15.0 Å². The fraction of sp³-hybridized carbons (Fsp3) is 0.444. The summed E-state index contributed by atoms with van der Waals surface area (Å²) in [5.74, 6) is 0. The summed E-state index contributed by atoms with van der Waals surface area (Å²) in [6, 6.07) is 14.5. The van der Waals surface area contributed by atoms with Crippen molar-refractivity contribution in [2.24, 2.45) is 10.8 Å². The molecule has 3 heterocycles. The van der Waals surface area contributed by atoms with Gasteiger partial charge in [0.2, 0.25) is 0 Å². The van der Waals surface area contributed by atoms with Crippen molar-refractivity contribution in [3.63, 3.8) is 0 Å². The first-order valence-corrected chi connectivity index (χ1v) is 11.0. The van der Waals surface area contributed by atoms with Crippen LogP contribution in [0.3, 0.4) is 0 Å². The molecule has 30 heavy (non-hydrogen) atoms. The van der Waals surface area contributed by atoms with E-state index >= 15 is 0 Å². The van der Waals surface area contributed by atoms with Crippen molar-refractivity contribution in [2.75, 3.05) is 0 Å². The van der Waals surface area contributed by atoms with Gasteiger partial charge in [0.25, 0.3) is 0 Å². The van der Waals surface area contributed by atoms with E-state index in [-0.39, 0.29) is 10.8 Å². The van der Waals surface area contributed by atoms with Gasteiger partial charge in [-0.15, -0.1) is 0 Å². The summed E-state index contributed by atoms with van der Waals surface area (Å²) < 4.78 is 0. The van der Waals surface area contributed by atoms with Crippen LogP contribution in [-0.4, -0.2) is 15.0 Å². The molecule has 3 heteroatoms. The maximum Gasteiger partial charge on any atom is 0.0926 e. The Bertz CT molecular complexity index is 872. The van der Waals surface area contributed by atoms with Gasteiger partial charge in [0, 0.05) is 12.4 Å². The van der Waals surface area contributed by atoms with Gasteiger partial charge in [-0.2, -0.15) is 0 Å². The number of rotatable bonds is 6. The Morgan fingerprint density at radius 3 is 1.40 bits per heavy atom. The van der Waals surface area contributed by atoms with Gasteiger partial charge in [0.05, 0.1) is 22.8 Å². The van der Waals surface area contributed by atoms with Crippen LogP contribution in [0.1, 0.15) is 65.5 Å². The minimum atomic E-state index is 0.270. The van der Waals surface area contributed by atoms with E-state index in [2.05, 4.69) is 69.7 Å². The summed E-state index contributed by atoms with van der Waals surface area (Å²) in [5.41, 5.74) is 6.94. The van der Waals surface area contributed by atoms with Crippen molar-refractivity contribution < 1.29 is 0 Å². The van der Waals surface area contributed by atoms with Gasteiger partial charge in [-0.05, 0) is 71.9 Å². The summed E-state index contributed by atoms with van der Waals surface area (Å²) in [7, 11) is 0. The van der Waals surface area contributed by atoms with Crippen LogP contribution in [0, 0.1) is 10.8 Å². The summed E-state index contributed by atoms with van der Waals surface area (Å²) in [4.78, 5) is 14.4. The Kier molecular flexibility index (Phi) is 6.70. The quantitative estimate of drug-likeness (QED) is 0.440. The molecule has 0 N–H and O–H groups in total. The van der Waals surface area contributed by atoms with E-state index < -0.39 is 0 Å². The minimum Gasteiger partial charge on any atom is -0.255 e. The maximum atomic E-state index is 5.19. The molecule has 0 bridgehead atoms. The number of pyridine rings is 3. The van der Waals surface area contributed by atoms with Crippen molar-refractivity contribution in [2.45, 2.75) is 67.2 Å². The lowest BCUT2D eigenvalue weighted by molar-refractivity contribution is 0.376. The van der Waals surface area contributed by atoms with Gasteiger partial charge in [0.15, 0.2) is 0 Å². The molecule has 0 atom stereocenters. The highest BCUT2D eigenvalue weighted by molar-refractivity contribution is 5.68. The Labute approximate surface area is 182 Å². The highest BCUT2D eigenvalue weighted by Gasteiger charge is 2.20. The lowest BCUT2D eigenvalue weighted by Gasteiger charge is -2.22. The van der Waals surface area contributed by atoms with Crippen LogP contribution in [-0.2, 0) is 12.8 Å². The zero-order chi connectivity index (χ0) is 21.8. The molecule has 3 rings (SSSR count). The second-order valence-electron chi connectivity index (χ2n) is 10.6. The lowest BCUT2D eigenvalue weighted by atomic mass is 9.85. The van der Waals surface area contributed by atoms with Gasteiger partial charge >= 0.3 is 0 Å². The van der Waals surface area contributed by atoms with Crippen molar-refractivity contribution >= 4 is 0 Å². The Morgan fingerprint density at radius 2 is 1.07 bits per heavy atom. The van der Waals surface area contributed by atoms with Gasteiger partial charge in [-0.1, -0.05) is 59.7 Å². The van der Waals surface area contributed by atoms with Crippen LogP contribution in [0.25, 0.3) is 22.8 Å². The number of aromatic nitrogens is 3. The average molecular weight is 402 g/mol. The molecular formula is C27H35N3. The number of aryl methyl sites for hydroxylation is 2. The standard InChI is InChI=1S/C27H35N3/c1-26(2,3)15-13-20-19-21(14-16-27(4,5)6)25(23-12-8-10-18-29-23)30-24(20)22-11-7-9-17-28-22/h7-12,17-19H,13-16H2,1-6H3. The predicted molar refractivity (Wildman–Crippen MR) is 126 cm³/mol. The van der Waals surface area contributed by atoms with Crippen LogP contribution >= 0.6 is 0 Å². The molecule has 158 valence electrons. The lowest BCUT2D eigenvalue weighted by Crippen LogP contribution is -2.11. The third kappa shape index (κ3) is 6.22. The zero-order valence-electron chi connectivity index (χ0n) is 19.4. The van der Waals surface area contributed by atoms with Crippen LogP contribution in [0.4, 0.5) is 0 Å². The molecule has 0 aliphatic carbocycles. The van der Waals surface area contributed by atoms with Crippen molar-refractivity contribution in [1.29, 1.82) is 0 Å². The molecule has 0 radical (unpaired) electrons. The Morgan fingerprint density at radius 1 is 0.633 bits per heavy atom. The third-order valence-electron chi connectivity index (χ3n) is 5.28. The molecule has 0 saturated heterocycles. The van der Waals surface area contributed by atoms with E-state index in [9.17, 15) is 0 Å². The first-order valence-electron chi connectivity index (χ1n) is 11.0. The van der Waals surface area contributed by atoms with Crippen LogP contribution in [0.5, 0.6) is 0 Å². The van der Waals surface area contributed by atoms with Gasteiger partial charge < -0.3 is 0 Å². The van der Waals surface area contributed by atoms with E-state index in [0.29, 0.717) is 0 Å². The van der Waals surface area contributed by atoms with E-state index in [1.807, 2.05) is 36.7 Å². The normalized spacial score (nSPS) is 12.2. The molecule has 0 amide bonds. The molecular weight excluding hydrogens is 366 g/mol. The average Bonchev–Trinajstić information content (AvgIpc) is 2.70. The molecule has 3 aromatic rings. The van der Waals surface area contributed by atoms with Crippen molar-refractivity contribution in [3.05, 3.63) is 66.0 Å². The zero-order valence-corrected chi connectivity index (χ0v) is 19.4. The number of hydrogen-bond acceptors (Lipinski definition) is 3. The van der Waals surface area contributed by atoms with Crippen LogP contribution < -0.4 is 0 Å². The molecule has 3 nitrogen and oxygen atoms in total. The van der Waals surface area contributed by atoms with Crippen LogP contribution in [0.2, 0.25) is 0 Å². The fourth-order valence-electron chi connectivity index (χ4n) is 3.45. The highest BCUT2D eigenvalue weighted by Crippen LogP contribution is 2.33. The molecule has 0 aliphatic heterocycles. The fourth-order valence-corrected chi connectivity index (χ4v) is 3.45. The van der Waals surface area contributed by atoms with E-state index in [1.54, 1.807) is 0 Å². The summed E-state index contributed by atoms with van der Waals surface area (Å²) in [6.45, 7) is 13.8. The Balaban J connectivity index is 2.14. The summed E-state index contributed by atoms with van der Waals surface area (Å²) >= 11 is 0. The first-order chi connectivity index (χ1) is 14.1. The molecule has 0 saturated carbocycles. The third-order valence-corrected chi connectivity index (χ3v) is 5.28. The minimum absolute atomic E-state index is 0.270. The SMILES string of the molecule is CC(C)(C)CCc1cc(CCC(C)(C)C)c(-c2ccccn2)nc1-c1ccccn1. The summed E-state index contributed by atoms with van der Waals surface area (Å²) in [6.07, 6.45) is 7.89. The number of nitrogens with zero attached hydrogens (tertiary/aromatic N) is 3. The smallest absolute Gasteiger partial charge is 0.0926 e. The van der Waals surface area contributed by atoms with Gasteiger partial charge in [-0.3, -0.25) is 9.97 Å². The largest absolute Gasteiger partial charge is 0.255 e. The van der Waals surface area contributed by atoms with Gasteiger partial charge in [-0.25, -0.2) is 4.98 Å². The topological polar surface area (TPSA) is 38.7 Å².